The third-order valence-electron chi connectivity index (χ3n) is 2.80. The lowest BCUT2D eigenvalue weighted by atomic mass is 9.88. The number of aliphatic hydroxyl groups excluding tert-OH is 1. The summed E-state index contributed by atoms with van der Waals surface area (Å²) in [7, 11) is 0. The molecule has 0 radical (unpaired) electrons. The second kappa shape index (κ2) is 3.44. The van der Waals surface area contributed by atoms with Crippen molar-refractivity contribution >= 4 is 17.3 Å². The highest BCUT2D eigenvalue weighted by molar-refractivity contribution is 6.30. The molecule has 1 atom stereocenters. The molecule has 1 heterocycles. The first-order chi connectivity index (χ1) is 6.63. The first-order valence-corrected chi connectivity index (χ1v) is 5.18. The molecule has 1 aromatic rings. The van der Waals surface area contributed by atoms with Gasteiger partial charge in [-0.05, 0) is 43.5 Å². The van der Waals surface area contributed by atoms with Crippen molar-refractivity contribution in [2.24, 2.45) is 0 Å². The molecule has 1 aliphatic heterocycles. The van der Waals surface area contributed by atoms with E-state index in [1.807, 2.05) is 25.1 Å². The summed E-state index contributed by atoms with van der Waals surface area (Å²) >= 11 is 5.90. The van der Waals surface area contributed by atoms with Crippen LogP contribution in [0.3, 0.4) is 0 Å². The molecule has 0 saturated heterocycles. The molecule has 1 aliphatic rings. The van der Waals surface area contributed by atoms with Gasteiger partial charge in [-0.1, -0.05) is 11.6 Å². The van der Waals surface area contributed by atoms with Crippen LogP contribution in [0.2, 0.25) is 5.02 Å². The number of anilines is 1. The number of aryl methyl sites for hydroxylation is 1. The zero-order valence-electron chi connectivity index (χ0n) is 8.18. The van der Waals surface area contributed by atoms with Gasteiger partial charge in [-0.15, -0.1) is 0 Å². The summed E-state index contributed by atoms with van der Waals surface area (Å²) in [5.74, 6) is 0. The Morgan fingerprint density at radius 3 is 3.07 bits per heavy atom. The molecule has 2 rings (SSSR count). The van der Waals surface area contributed by atoms with Gasteiger partial charge in [-0.25, -0.2) is 0 Å². The highest BCUT2D eigenvalue weighted by Crippen LogP contribution is 2.31. The Morgan fingerprint density at radius 1 is 1.57 bits per heavy atom. The fourth-order valence-corrected chi connectivity index (χ4v) is 2.00. The van der Waals surface area contributed by atoms with Gasteiger partial charge < -0.3 is 10.4 Å². The first-order valence-electron chi connectivity index (χ1n) is 4.80. The number of halogens is 1. The fraction of sp³-hybridized carbons (Fsp3) is 0.455. The van der Waals surface area contributed by atoms with Gasteiger partial charge in [0.05, 0.1) is 12.1 Å². The smallest absolute Gasteiger partial charge is 0.0658 e. The zero-order valence-corrected chi connectivity index (χ0v) is 8.93. The number of aliphatic hydroxyl groups is 1. The van der Waals surface area contributed by atoms with Crippen LogP contribution in [0.25, 0.3) is 0 Å². The van der Waals surface area contributed by atoms with E-state index >= 15 is 0 Å². The van der Waals surface area contributed by atoms with Crippen molar-refractivity contribution in [1.82, 2.24) is 0 Å². The van der Waals surface area contributed by atoms with Crippen molar-refractivity contribution in [3.63, 3.8) is 0 Å². The van der Waals surface area contributed by atoms with Gasteiger partial charge in [0.2, 0.25) is 0 Å². The molecule has 2 N–H and O–H groups in total. The maximum absolute atomic E-state index is 9.24. The number of fused-ring (bicyclic) bond motifs is 1. The van der Waals surface area contributed by atoms with E-state index in [1.165, 1.54) is 5.56 Å². The number of benzene rings is 1. The van der Waals surface area contributed by atoms with Gasteiger partial charge in [0.1, 0.15) is 0 Å². The minimum atomic E-state index is -0.180. The van der Waals surface area contributed by atoms with Gasteiger partial charge in [0, 0.05) is 10.7 Å². The molecule has 0 bridgehead atoms. The van der Waals surface area contributed by atoms with E-state index in [2.05, 4.69) is 5.32 Å². The van der Waals surface area contributed by atoms with E-state index in [0.29, 0.717) is 0 Å². The van der Waals surface area contributed by atoms with Crippen LogP contribution in [0.15, 0.2) is 18.2 Å². The Balaban J connectivity index is 2.31. The van der Waals surface area contributed by atoms with Crippen LogP contribution < -0.4 is 5.32 Å². The molecule has 0 aromatic heterocycles. The van der Waals surface area contributed by atoms with Crippen LogP contribution >= 0.6 is 11.6 Å². The molecular weight excluding hydrogens is 198 g/mol. The SMILES string of the molecule is CC1(CO)CCc2cc(Cl)ccc2N1. The summed E-state index contributed by atoms with van der Waals surface area (Å²) in [5.41, 5.74) is 2.15. The number of hydrogen-bond donors (Lipinski definition) is 2. The van der Waals surface area contributed by atoms with Crippen LogP contribution in [0.1, 0.15) is 18.9 Å². The van der Waals surface area contributed by atoms with Crippen molar-refractivity contribution < 1.29 is 5.11 Å². The maximum atomic E-state index is 9.24. The van der Waals surface area contributed by atoms with E-state index in [9.17, 15) is 5.11 Å². The van der Waals surface area contributed by atoms with Gasteiger partial charge in [0.25, 0.3) is 0 Å². The molecule has 0 amide bonds. The Labute approximate surface area is 88.9 Å². The highest BCUT2D eigenvalue weighted by atomic mass is 35.5. The maximum Gasteiger partial charge on any atom is 0.0658 e. The first kappa shape index (κ1) is 9.81. The lowest BCUT2D eigenvalue weighted by molar-refractivity contribution is 0.212. The van der Waals surface area contributed by atoms with Gasteiger partial charge in [0.15, 0.2) is 0 Å². The summed E-state index contributed by atoms with van der Waals surface area (Å²) in [5, 5.41) is 13.4. The second-order valence-corrected chi connectivity index (χ2v) is 4.58. The third kappa shape index (κ3) is 1.72. The zero-order chi connectivity index (χ0) is 10.2. The van der Waals surface area contributed by atoms with Crippen LogP contribution in [-0.4, -0.2) is 17.3 Å². The molecule has 76 valence electrons. The summed E-state index contributed by atoms with van der Waals surface area (Å²) in [6.45, 7) is 2.19. The Hall–Kier alpha value is -0.730. The molecule has 3 heteroatoms. The standard InChI is InChI=1S/C11H14ClNO/c1-11(7-14)5-4-8-6-9(12)2-3-10(8)13-11/h2-3,6,13-14H,4-5,7H2,1H3. The monoisotopic (exact) mass is 211 g/mol. The summed E-state index contributed by atoms with van der Waals surface area (Å²) in [6.07, 6.45) is 1.91. The van der Waals surface area contributed by atoms with Crippen molar-refractivity contribution in [3.05, 3.63) is 28.8 Å². The minimum Gasteiger partial charge on any atom is -0.394 e. The molecule has 2 nitrogen and oxygen atoms in total. The van der Waals surface area contributed by atoms with Crippen LogP contribution in [0.5, 0.6) is 0 Å². The van der Waals surface area contributed by atoms with E-state index in [-0.39, 0.29) is 12.1 Å². The normalized spacial score (nSPS) is 25.4. The molecule has 0 saturated carbocycles. The van der Waals surface area contributed by atoms with Crippen molar-refractivity contribution in [1.29, 1.82) is 0 Å². The average molecular weight is 212 g/mol. The lowest BCUT2D eigenvalue weighted by Crippen LogP contribution is -2.42. The Morgan fingerprint density at radius 2 is 2.36 bits per heavy atom. The van der Waals surface area contributed by atoms with Crippen molar-refractivity contribution in [3.8, 4) is 0 Å². The third-order valence-corrected chi connectivity index (χ3v) is 3.03. The summed E-state index contributed by atoms with van der Waals surface area (Å²) < 4.78 is 0. The quantitative estimate of drug-likeness (QED) is 0.748. The summed E-state index contributed by atoms with van der Waals surface area (Å²) in [4.78, 5) is 0. The van der Waals surface area contributed by atoms with Gasteiger partial charge in [-0.2, -0.15) is 0 Å². The topological polar surface area (TPSA) is 32.3 Å². The molecule has 1 unspecified atom stereocenters. The minimum absolute atomic E-state index is 0.162. The number of rotatable bonds is 1. The lowest BCUT2D eigenvalue weighted by Gasteiger charge is -2.35. The molecule has 0 aliphatic carbocycles. The van der Waals surface area contributed by atoms with Crippen LogP contribution in [-0.2, 0) is 6.42 Å². The number of nitrogens with one attached hydrogen (secondary N) is 1. The molecule has 1 aromatic carbocycles. The van der Waals surface area contributed by atoms with Crippen LogP contribution in [0.4, 0.5) is 5.69 Å². The molecular formula is C11H14ClNO. The van der Waals surface area contributed by atoms with Gasteiger partial charge in [-0.3, -0.25) is 0 Å². The fourth-order valence-electron chi connectivity index (χ4n) is 1.81. The second-order valence-electron chi connectivity index (χ2n) is 4.15. The summed E-state index contributed by atoms with van der Waals surface area (Å²) in [6, 6.07) is 5.84. The van der Waals surface area contributed by atoms with Crippen LogP contribution in [0, 0.1) is 0 Å². The van der Waals surface area contributed by atoms with E-state index in [0.717, 1.165) is 23.6 Å². The molecule has 0 spiro atoms. The van der Waals surface area contributed by atoms with E-state index in [1.54, 1.807) is 0 Å². The van der Waals surface area contributed by atoms with E-state index in [4.69, 9.17) is 11.6 Å². The molecule has 0 fully saturated rings. The van der Waals surface area contributed by atoms with Crippen molar-refractivity contribution in [2.45, 2.75) is 25.3 Å². The van der Waals surface area contributed by atoms with Gasteiger partial charge >= 0.3 is 0 Å². The van der Waals surface area contributed by atoms with E-state index < -0.39 is 0 Å². The Bertz CT molecular complexity index is 353. The number of hydrogen-bond acceptors (Lipinski definition) is 2. The van der Waals surface area contributed by atoms with Crippen molar-refractivity contribution in [2.75, 3.05) is 11.9 Å². The average Bonchev–Trinajstić information content (AvgIpc) is 2.19. The largest absolute Gasteiger partial charge is 0.394 e. The Kier molecular flexibility index (Phi) is 2.41. The predicted octanol–water partition coefficient (Wildman–Crippen LogP) is 2.45. The highest BCUT2D eigenvalue weighted by Gasteiger charge is 2.27. The molecule has 14 heavy (non-hydrogen) atoms. The predicted molar refractivity (Wildman–Crippen MR) is 58.9 cm³/mol.